The normalized spacial score (nSPS) is 12.2. The van der Waals surface area contributed by atoms with E-state index in [1.54, 1.807) is 6.07 Å². The molecule has 2 aromatic heterocycles. The first-order valence-corrected chi connectivity index (χ1v) is 6.68. The van der Waals surface area contributed by atoms with Gasteiger partial charge in [0.05, 0.1) is 0 Å². The molecule has 0 aliphatic rings. The van der Waals surface area contributed by atoms with Gasteiger partial charge in [-0.05, 0) is 23.1 Å². The van der Waals surface area contributed by atoms with Gasteiger partial charge in [-0.2, -0.15) is 0 Å². The topological polar surface area (TPSA) is 57.0 Å². The summed E-state index contributed by atoms with van der Waals surface area (Å²) >= 11 is 0. The van der Waals surface area contributed by atoms with Crippen LogP contribution >= 0.6 is 0 Å². The molecule has 1 aromatic carbocycles. The molecule has 2 N–H and O–H groups in total. The second kappa shape index (κ2) is 4.13. The Hall–Kier alpha value is -2.23. The van der Waals surface area contributed by atoms with Gasteiger partial charge in [0.15, 0.2) is 11.6 Å². The zero-order chi connectivity index (χ0) is 14.5. The first-order valence-electron chi connectivity index (χ1n) is 6.68. The van der Waals surface area contributed by atoms with Crippen LogP contribution < -0.4 is 5.73 Å². The number of fused-ring (bicyclic) bond motifs is 1. The van der Waals surface area contributed by atoms with E-state index in [4.69, 9.17) is 10.3 Å². The second-order valence-electron chi connectivity index (χ2n) is 6.25. The van der Waals surface area contributed by atoms with Crippen LogP contribution in [-0.2, 0) is 12.5 Å². The largest absolute Gasteiger partial charge is 0.381 e. The van der Waals surface area contributed by atoms with Crippen molar-refractivity contribution in [2.24, 2.45) is 7.05 Å². The average Bonchev–Trinajstić information content (AvgIpc) is 2.93. The number of aromatic nitrogens is 2. The molecule has 0 aliphatic carbocycles. The third-order valence-electron chi connectivity index (χ3n) is 3.65. The molecule has 0 saturated carbocycles. The van der Waals surface area contributed by atoms with Crippen molar-refractivity contribution in [3.63, 3.8) is 0 Å². The number of nitrogens with zero attached hydrogens (tertiary/aromatic N) is 2. The van der Waals surface area contributed by atoms with E-state index in [1.807, 2.05) is 7.05 Å². The van der Waals surface area contributed by atoms with E-state index in [2.05, 4.69) is 54.9 Å². The van der Waals surface area contributed by atoms with E-state index in [-0.39, 0.29) is 5.41 Å². The molecule has 0 atom stereocenters. The van der Waals surface area contributed by atoms with E-state index >= 15 is 0 Å². The van der Waals surface area contributed by atoms with Crippen molar-refractivity contribution in [2.75, 3.05) is 5.73 Å². The van der Waals surface area contributed by atoms with Gasteiger partial charge in [0.25, 0.3) is 0 Å². The quantitative estimate of drug-likeness (QED) is 0.732. The molecule has 0 aliphatic heterocycles. The highest BCUT2D eigenvalue weighted by molar-refractivity contribution is 5.95. The first kappa shape index (κ1) is 12.8. The number of nitrogen functional groups attached to an aromatic ring is 1. The van der Waals surface area contributed by atoms with Crippen LogP contribution in [0.2, 0.25) is 0 Å². The monoisotopic (exact) mass is 269 g/mol. The molecule has 0 amide bonds. The number of aryl methyl sites for hydroxylation is 1. The molecule has 0 spiro atoms. The van der Waals surface area contributed by atoms with Gasteiger partial charge in [-0.1, -0.05) is 32.0 Å². The molecule has 4 nitrogen and oxygen atoms in total. The molecule has 0 fully saturated rings. The molecular formula is C16H19N3O. The Morgan fingerprint density at radius 2 is 1.95 bits per heavy atom. The Balaban J connectivity index is 2.27. The van der Waals surface area contributed by atoms with Crippen molar-refractivity contribution >= 4 is 16.7 Å². The van der Waals surface area contributed by atoms with E-state index < -0.39 is 0 Å². The van der Waals surface area contributed by atoms with Crippen LogP contribution in [0.15, 0.2) is 35.0 Å². The Morgan fingerprint density at radius 3 is 2.55 bits per heavy atom. The van der Waals surface area contributed by atoms with Crippen molar-refractivity contribution in [2.45, 2.75) is 26.2 Å². The fourth-order valence-electron chi connectivity index (χ4n) is 2.47. The summed E-state index contributed by atoms with van der Waals surface area (Å²) in [4.78, 5) is 0. The Bertz CT molecular complexity index is 775. The Kier molecular flexibility index (Phi) is 2.64. The molecular weight excluding hydrogens is 250 g/mol. The molecule has 0 saturated heterocycles. The molecule has 2 heterocycles. The summed E-state index contributed by atoms with van der Waals surface area (Å²) in [7, 11) is 2.03. The third-order valence-corrected chi connectivity index (χ3v) is 3.65. The Morgan fingerprint density at radius 1 is 1.20 bits per heavy atom. The number of benzene rings is 1. The maximum Gasteiger partial charge on any atom is 0.171 e. The molecule has 20 heavy (non-hydrogen) atoms. The highest BCUT2D eigenvalue weighted by Crippen LogP contribution is 2.34. The van der Waals surface area contributed by atoms with Crippen molar-refractivity contribution in [1.82, 2.24) is 9.72 Å². The molecule has 0 bridgehead atoms. The molecule has 3 rings (SSSR count). The van der Waals surface area contributed by atoms with E-state index in [1.165, 1.54) is 11.1 Å². The van der Waals surface area contributed by atoms with Gasteiger partial charge in [0.2, 0.25) is 0 Å². The van der Waals surface area contributed by atoms with E-state index in [0.29, 0.717) is 11.6 Å². The maximum atomic E-state index is 5.65. The van der Waals surface area contributed by atoms with E-state index in [9.17, 15) is 0 Å². The third kappa shape index (κ3) is 1.97. The van der Waals surface area contributed by atoms with Crippen molar-refractivity contribution < 1.29 is 4.52 Å². The van der Waals surface area contributed by atoms with Gasteiger partial charge in [0, 0.05) is 35.8 Å². The van der Waals surface area contributed by atoms with Gasteiger partial charge < -0.3 is 14.8 Å². The second-order valence-corrected chi connectivity index (χ2v) is 6.25. The zero-order valence-corrected chi connectivity index (χ0v) is 12.3. The summed E-state index contributed by atoms with van der Waals surface area (Å²) in [6.45, 7) is 6.63. The van der Waals surface area contributed by atoms with Crippen LogP contribution in [0.25, 0.3) is 22.2 Å². The highest BCUT2D eigenvalue weighted by Gasteiger charge is 2.18. The number of nitrogens with two attached hydrogens (primary N) is 1. The van der Waals surface area contributed by atoms with Crippen LogP contribution in [0.5, 0.6) is 0 Å². The minimum atomic E-state index is 0.113. The average molecular weight is 269 g/mol. The fourth-order valence-corrected chi connectivity index (χ4v) is 2.47. The summed E-state index contributed by atoms with van der Waals surface area (Å²) in [5, 5.41) is 4.94. The highest BCUT2D eigenvalue weighted by atomic mass is 16.5. The first-order chi connectivity index (χ1) is 9.36. The lowest BCUT2D eigenvalue weighted by atomic mass is 9.86. The van der Waals surface area contributed by atoms with Gasteiger partial charge in [0.1, 0.15) is 0 Å². The standard InChI is InChI=1S/C16H19N3O/c1-16(2,3)10-5-6-13-11(7-10)12(9-19(13)4)14-8-15(17)18-20-14/h5-9H,1-4H3,(H2,17,18). The summed E-state index contributed by atoms with van der Waals surface area (Å²) < 4.78 is 7.40. The van der Waals surface area contributed by atoms with Gasteiger partial charge >= 0.3 is 0 Å². The van der Waals surface area contributed by atoms with Crippen LogP contribution in [0.3, 0.4) is 0 Å². The minimum Gasteiger partial charge on any atom is -0.381 e. The zero-order valence-electron chi connectivity index (χ0n) is 12.3. The number of hydrogen-bond acceptors (Lipinski definition) is 3. The van der Waals surface area contributed by atoms with Crippen molar-refractivity contribution in [1.29, 1.82) is 0 Å². The SMILES string of the molecule is Cn1cc(-c2cc(N)no2)c2cc(C(C)(C)C)ccc21. The van der Waals surface area contributed by atoms with Crippen LogP contribution in [0.4, 0.5) is 5.82 Å². The molecule has 104 valence electrons. The molecule has 4 heteroatoms. The van der Waals surface area contributed by atoms with Crippen LogP contribution in [0.1, 0.15) is 26.3 Å². The number of rotatable bonds is 1. The lowest BCUT2D eigenvalue weighted by Crippen LogP contribution is -2.10. The Labute approximate surface area is 118 Å². The van der Waals surface area contributed by atoms with Gasteiger partial charge in [-0.15, -0.1) is 0 Å². The lowest BCUT2D eigenvalue weighted by molar-refractivity contribution is 0.436. The van der Waals surface area contributed by atoms with Crippen LogP contribution in [0, 0.1) is 0 Å². The summed E-state index contributed by atoms with van der Waals surface area (Å²) in [6.07, 6.45) is 2.05. The fraction of sp³-hybridized carbons (Fsp3) is 0.312. The minimum absolute atomic E-state index is 0.113. The van der Waals surface area contributed by atoms with Crippen LogP contribution in [-0.4, -0.2) is 9.72 Å². The summed E-state index contributed by atoms with van der Waals surface area (Å²) in [5.74, 6) is 1.11. The molecule has 3 aromatic rings. The molecule has 0 unspecified atom stereocenters. The smallest absolute Gasteiger partial charge is 0.171 e. The number of hydrogen-bond donors (Lipinski definition) is 1. The summed E-state index contributed by atoms with van der Waals surface area (Å²) in [6, 6.07) is 8.32. The molecule has 0 radical (unpaired) electrons. The predicted molar refractivity (Wildman–Crippen MR) is 81.5 cm³/mol. The lowest BCUT2D eigenvalue weighted by Gasteiger charge is -2.19. The van der Waals surface area contributed by atoms with Gasteiger partial charge in [-0.25, -0.2) is 0 Å². The van der Waals surface area contributed by atoms with Crippen molar-refractivity contribution in [3.8, 4) is 11.3 Å². The van der Waals surface area contributed by atoms with Crippen molar-refractivity contribution in [3.05, 3.63) is 36.0 Å². The maximum absolute atomic E-state index is 5.65. The van der Waals surface area contributed by atoms with Gasteiger partial charge in [-0.3, -0.25) is 0 Å². The van der Waals surface area contributed by atoms with E-state index in [0.717, 1.165) is 10.9 Å². The summed E-state index contributed by atoms with van der Waals surface area (Å²) in [5.41, 5.74) is 9.26. The predicted octanol–water partition coefficient (Wildman–Crippen LogP) is 3.71. The number of anilines is 1.